The largest absolute Gasteiger partial charge is 0.364 e. The number of rotatable bonds is 5. The predicted molar refractivity (Wildman–Crippen MR) is 92.4 cm³/mol. The number of nitrogens with two attached hydrogens (primary N) is 1. The fourth-order valence-corrected chi connectivity index (χ4v) is 6.23. The highest BCUT2D eigenvalue weighted by molar-refractivity contribution is 5.85. The average Bonchev–Trinajstić information content (AvgIpc) is 2.94. The van der Waals surface area contributed by atoms with E-state index in [2.05, 4.69) is 5.32 Å². The Kier molecular flexibility index (Phi) is 5.24. The van der Waals surface area contributed by atoms with Gasteiger partial charge < -0.3 is 15.8 Å². The summed E-state index contributed by atoms with van der Waals surface area (Å²) in [7, 11) is 0. The van der Waals surface area contributed by atoms with Gasteiger partial charge in [-0.1, -0.05) is 0 Å². The lowest BCUT2D eigenvalue weighted by Gasteiger charge is -2.57. The molecule has 0 radical (unpaired) electrons. The average molecular weight is 343 g/mol. The molecule has 132 valence electrons. The van der Waals surface area contributed by atoms with Crippen LogP contribution in [0.5, 0.6) is 0 Å². The summed E-state index contributed by atoms with van der Waals surface area (Å²) in [4.78, 5) is 12.2. The fraction of sp³-hybridized carbons (Fsp3) is 0.944. The number of carbonyl (C=O) groups is 1. The van der Waals surface area contributed by atoms with E-state index in [1.54, 1.807) is 0 Å². The molecule has 5 rings (SSSR count). The number of carbonyl (C=O) groups excluding carboxylic acids is 1. The van der Waals surface area contributed by atoms with Crippen molar-refractivity contribution in [1.82, 2.24) is 5.32 Å². The summed E-state index contributed by atoms with van der Waals surface area (Å²) in [5.74, 6) is 3.06. The Balaban J connectivity index is 0.00000156. The molecule has 5 heteroatoms. The van der Waals surface area contributed by atoms with Gasteiger partial charge in [0.05, 0.1) is 6.10 Å². The van der Waals surface area contributed by atoms with E-state index in [1.807, 2.05) is 0 Å². The summed E-state index contributed by atoms with van der Waals surface area (Å²) < 4.78 is 5.68. The molecular formula is C18H31ClN2O2. The second-order valence-corrected chi connectivity index (χ2v) is 8.52. The summed E-state index contributed by atoms with van der Waals surface area (Å²) in [6, 6.07) is 0. The van der Waals surface area contributed by atoms with Crippen molar-refractivity contribution in [2.24, 2.45) is 28.9 Å². The van der Waals surface area contributed by atoms with E-state index in [0.29, 0.717) is 12.0 Å². The zero-order valence-electron chi connectivity index (χ0n) is 14.0. The highest BCUT2D eigenvalue weighted by Gasteiger charge is 2.50. The van der Waals surface area contributed by atoms with Gasteiger partial charge in [-0.2, -0.15) is 0 Å². The maximum atomic E-state index is 12.2. The second-order valence-electron chi connectivity index (χ2n) is 8.52. The van der Waals surface area contributed by atoms with Crippen molar-refractivity contribution < 1.29 is 9.53 Å². The summed E-state index contributed by atoms with van der Waals surface area (Å²) in [6.07, 6.45) is 11.5. The molecule has 0 spiro atoms. The van der Waals surface area contributed by atoms with Gasteiger partial charge in [0.2, 0.25) is 5.91 Å². The standard InChI is InChI=1S/C18H30N2O2.ClH/c19-11-15-1-2-16(22-15)17(21)20-4-3-18-8-12-5-13(9-18)7-14(6-12)10-18;/h12-16H,1-11,19H2,(H,20,21);1H/t12?,13?,14?,15-,16+,18?;/m1./s1. The first kappa shape index (κ1) is 17.5. The minimum atomic E-state index is -0.259. The third-order valence-electron chi connectivity index (χ3n) is 6.78. The molecule has 4 nitrogen and oxygen atoms in total. The topological polar surface area (TPSA) is 64.4 Å². The first-order valence-electron chi connectivity index (χ1n) is 9.29. The van der Waals surface area contributed by atoms with Gasteiger partial charge in [-0.25, -0.2) is 0 Å². The minimum absolute atomic E-state index is 0. The van der Waals surface area contributed by atoms with Gasteiger partial charge in [0.25, 0.3) is 0 Å². The van der Waals surface area contributed by atoms with Crippen LogP contribution in [0.15, 0.2) is 0 Å². The molecule has 1 heterocycles. The van der Waals surface area contributed by atoms with Crippen LogP contribution >= 0.6 is 12.4 Å². The molecule has 23 heavy (non-hydrogen) atoms. The van der Waals surface area contributed by atoms with Crippen LogP contribution in [0.3, 0.4) is 0 Å². The Morgan fingerprint density at radius 3 is 2.22 bits per heavy atom. The first-order chi connectivity index (χ1) is 10.7. The Hall–Kier alpha value is -0.320. The number of ether oxygens (including phenoxy) is 1. The number of hydrogen-bond acceptors (Lipinski definition) is 3. The monoisotopic (exact) mass is 342 g/mol. The zero-order valence-corrected chi connectivity index (χ0v) is 14.8. The van der Waals surface area contributed by atoms with E-state index in [1.165, 1.54) is 44.9 Å². The molecule has 0 aromatic heterocycles. The summed E-state index contributed by atoms with van der Waals surface area (Å²) in [6.45, 7) is 1.36. The minimum Gasteiger partial charge on any atom is -0.364 e. The van der Waals surface area contributed by atoms with Crippen molar-refractivity contribution in [3.63, 3.8) is 0 Å². The van der Waals surface area contributed by atoms with E-state index in [-0.39, 0.29) is 30.5 Å². The van der Waals surface area contributed by atoms with Crippen LogP contribution in [-0.4, -0.2) is 31.2 Å². The molecule has 0 unspecified atom stereocenters. The van der Waals surface area contributed by atoms with Crippen molar-refractivity contribution >= 4 is 18.3 Å². The van der Waals surface area contributed by atoms with Crippen LogP contribution in [0, 0.1) is 23.2 Å². The van der Waals surface area contributed by atoms with Crippen molar-refractivity contribution in [3.8, 4) is 0 Å². The quantitative estimate of drug-likeness (QED) is 0.807. The Labute approximate surface area is 145 Å². The summed E-state index contributed by atoms with van der Waals surface area (Å²) in [5.41, 5.74) is 6.16. The normalized spacial score (nSPS) is 44.1. The maximum Gasteiger partial charge on any atom is 0.249 e. The number of halogens is 1. The van der Waals surface area contributed by atoms with Crippen LogP contribution < -0.4 is 11.1 Å². The van der Waals surface area contributed by atoms with Crippen LogP contribution in [0.2, 0.25) is 0 Å². The molecule has 5 aliphatic rings. The van der Waals surface area contributed by atoms with Crippen molar-refractivity contribution in [1.29, 1.82) is 0 Å². The zero-order chi connectivity index (χ0) is 15.2. The molecule has 4 saturated carbocycles. The van der Waals surface area contributed by atoms with E-state index in [4.69, 9.17) is 10.5 Å². The molecule has 1 amide bonds. The van der Waals surface area contributed by atoms with E-state index in [0.717, 1.165) is 37.1 Å². The Morgan fingerprint density at radius 2 is 1.70 bits per heavy atom. The summed E-state index contributed by atoms with van der Waals surface area (Å²) in [5, 5.41) is 3.14. The Bertz CT molecular complexity index is 407. The molecule has 4 aliphatic carbocycles. The van der Waals surface area contributed by atoms with Crippen molar-refractivity contribution in [3.05, 3.63) is 0 Å². The highest BCUT2D eigenvalue weighted by atomic mass is 35.5. The lowest BCUT2D eigenvalue weighted by molar-refractivity contribution is -0.132. The molecule has 2 atom stereocenters. The SMILES string of the molecule is Cl.NC[C@H]1CC[C@@H](C(=O)NCCC23CC4CC(CC(C4)C2)C3)O1. The van der Waals surface area contributed by atoms with Gasteiger partial charge in [0.15, 0.2) is 0 Å². The molecule has 3 N–H and O–H groups in total. The third kappa shape index (κ3) is 3.54. The number of hydrogen-bond donors (Lipinski definition) is 2. The van der Waals surface area contributed by atoms with E-state index >= 15 is 0 Å². The third-order valence-corrected chi connectivity index (χ3v) is 6.78. The van der Waals surface area contributed by atoms with Crippen LogP contribution in [-0.2, 0) is 9.53 Å². The molecule has 4 bridgehead atoms. The number of nitrogens with one attached hydrogen (secondary N) is 1. The van der Waals surface area contributed by atoms with Gasteiger partial charge >= 0.3 is 0 Å². The number of amides is 1. The van der Waals surface area contributed by atoms with E-state index < -0.39 is 0 Å². The maximum absolute atomic E-state index is 12.2. The van der Waals surface area contributed by atoms with Gasteiger partial charge in [0, 0.05) is 13.1 Å². The lowest BCUT2D eigenvalue weighted by Crippen LogP contribution is -2.47. The van der Waals surface area contributed by atoms with Gasteiger partial charge in [-0.15, -0.1) is 12.4 Å². The molecule has 1 saturated heterocycles. The predicted octanol–water partition coefficient (Wildman–Crippen LogP) is 2.64. The van der Waals surface area contributed by atoms with Gasteiger partial charge in [-0.05, 0) is 81.0 Å². The van der Waals surface area contributed by atoms with E-state index in [9.17, 15) is 4.79 Å². The smallest absolute Gasteiger partial charge is 0.249 e. The first-order valence-corrected chi connectivity index (χ1v) is 9.29. The molecular weight excluding hydrogens is 312 g/mol. The molecule has 5 fully saturated rings. The van der Waals surface area contributed by atoms with Crippen molar-refractivity contribution in [2.45, 2.75) is 70.0 Å². The molecule has 0 aromatic rings. The summed E-state index contributed by atoms with van der Waals surface area (Å²) >= 11 is 0. The van der Waals surface area contributed by atoms with Crippen LogP contribution in [0.4, 0.5) is 0 Å². The van der Waals surface area contributed by atoms with Crippen LogP contribution in [0.1, 0.15) is 57.8 Å². The van der Waals surface area contributed by atoms with Gasteiger partial charge in [-0.3, -0.25) is 4.79 Å². The van der Waals surface area contributed by atoms with Crippen LogP contribution in [0.25, 0.3) is 0 Å². The molecule has 0 aromatic carbocycles. The lowest BCUT2D eigenvalue weighted by atomic mass is 9.49. The second kappa shape index (κ2) is 6.89. The van der Waals surface area contributed by atoms with Crippen molar-refractivity contribution in [2.75, 3.05) is 13.1 Å². The molecule has 1 aliphatic heterocycles. The highest BCUT2D eigenvalue weighted by Crippen LogP contribution is 2.61. The Morgan fingerprint density at radius 1 is 1.09 bits per heavy atom. The van der Waals surface area contributed by atoms with Gasteiger partial charge in [0.1, 0.15) is 6.10 Å². The fourth-order valence-electron chi connectivity index (χ4n) is 6.23.